The summed E-state index contributed by atoms with van der Waals surface area (Å²) in [6.07, 6.45) is 3.16. The van der Waals surface area contributed by atoms with Crippen molar-refractivity contribution in [3.8, 4) is 0 Å². The molecule has 0 heterocycles. The van der Waals surface area contributed by atoms with Crippen molar-refractivity contribution in [2.45, 2.75) is 53.0 Å². The molecule has 1 aromatic rings. The van der Waals surface area contributed by atoms with Gasteiger partial charge < -0.3 is 5.32 Å². The fourth-order valence-corrected chi connectivity index (χ4v) is 2.05. The summed E-state index contributed by atoms with van der Waals surface area (Å²) in [6, 6.07) is 6.84. The molecule has 5 nitrogen and oxygen atoms in total. The second-order valence-electron chi connectivity index (χ2n) is 6.14. The average Bonchev–Trinajstić information content (AvgIpc) is 2.45. The smallest absolute Gasteiger partial charge is 0.333 e. The lowest BCUT2D eigenvalue weighted by atomic mass is 10.0. The second-order valence-corrected chi connectivity index (χ2v) is 6.14. The van der Waals surface area contributed by atoms with E-state index in [0.29, 0.717) is 11.5 Å². The molecule has 0 spiro atoms. The molecule has 0 radical (unpaired) electrons. The Morgan fingerprint density at radius 1 is 1.00 bits per heavy atom. The van der Waals surface area contributed by atoms with Crippen molar-refractivity contribution in [1.82, 2.24) is 16.2 Å². The summed E-state index contributed by atoms with van der Waals surface area (Å²) in [6.45, 7) is 8.28. The van der Waals surface area contributed by atoms with Crippen molar-refractivity contribution in [1.29, 1.82) is 0 Å². The summed E-state index contributed by atoms with van der Waals surface area (Å²) in [5.41, 5.74) is 6.36. The maximum atomic E-state index is 11.8. The molecule has 0 fully saturated rings. The van der Waals surface area contributed by atoms with Crippen LogP contribution in [0.3, 0.4) is 0 Å². The highest BCUT2D eigenvalue weighted by atomic mass is 16.2. The van der Waals surface area contributed by atoms with Gasteiger partial charge in [-0.15, -0.1) is 0 Å². The van der Waals surface area contributed by atoms with E-state index in [1.165, 1.54) is 0 Å². The molecular weight excluding hydrogens is 278 g/mol. The Morgan fingerprint density at radius 2 is 1.64 bits per heavy atom. The Kier molecular flexibility index (Phi) is 7.43. The van der Waals surface area contributed by atoms with Crippen molar-refractivity contribution in [3.05, 3.63) is 35.4 Å². The van der Waals surface area contributed by atoms with E-state index in [-0.39, 0.29) is 11.9 Å². The molecule has 0 unspecified atom stereocenters. The fourth-order valence-electron chi connectivity index (χ4n) is 2.05. The van der Waals surface area contributed by atoms with E-state index in [4.69, 9.17) is 0 Å². The van der Waals surface area contributed by atoms with E-state index < -0.39 is 6.03 Å². The van der Waals surface area contributed by atoms with Crippen LogP contribution in [-0.2, 0) is 0 Å². The maximum absolute atomic E-state index is 11.8. The minimum Gasteiger partial charge on any atom is -0.334 e. The van der Waals surface area contributed by atoms with E-state index in [1.54, 1.807) is 12.1 Å². The Bertz CT molecular complexity index is 483. The van der Waals surface area contributed by atoms with Crippen LogP contribution in [0.15, 0.2) is 24.3 Å². The summed E-state index contributed by atoms with van der Waals surface area (Å²) >= 11 is 0. The van der Waals surface area contributed by atoms with Crippen molar-refractivity contribution in [2.24, 2.45) is 5.92 Å². The first-order valence-electron chi connectivity index (χ1n) is 7.82. The standard InChI is InChI=1S/C17H27N3O2/c1-12(2)6-5-7-14(4)18-17(22)20-19-16(21)15-10-8-13(3)9-11-15/h8-12,14H,5-7H2,1-4H3,(H,19,21)(H2,18,20,22)/t14-/m1/s1. The van der Waals surface area contributed by atoms with Crippen LogP contribution in [0.1, 0.15) is 56.0 Å². The van der Waals surface area contributed by atoms with Gasteiger partial charge in [-0.25, -0.2) is 10.2 Å². The molecule has 0 aliphatic carbocycles. The van der Waals surface area contributed by atoms with Crippen molar-refractivity contribution >= 4 is 11.9 Å². The third kappa shape index (κ3) is 7.11. The Hall–Kier alpha value is -2.04. The van der Waals surface area contributed by atoms with Crippen molar-refractivity contribution in [3.63, 3.8) is 0 Å². The van der Waals surface area contributed by atoms with Crippen LogP contribution >= 0.6 is 0 Å². The zero-order chi connectivity index (χ0) is 16.5. The predicted octanol–water partition coefficient (Wildman–Crippen LogP) is 3.15. The third-order valence-electron chi connectivity index (χ3n) is 3.40. The van der Waals surface area contributed by atoms with Crippen LogP contribution < -0.4 is 16.2 Å². The molecule has 0 saturated carbocycles. The first kappa shape index (κ1) is 18.0. The number of hydrogen-bond acceptors (Lipinski definition) is 2. The Morgan fingerprint density at radius 3 is 2.23 bits per heavy atom. The highest BCUT2D eigenvalue weighted by Crippen LogP contribution is 2.08. The van der Waals surface area contributed by atoms with Gasteiger partial charge in [-0.2, -0.15) is 0 Å². The van der Waals surface area contributed by atoms with Gasteiger partial charge >= 0.3 is 6.03 Å². The lowest BCUT2D eigenvalue weighted by molar-refractivity contribution is 0.0936. The van der Waals surface area contributed by atoms with Crippen molar-refractivity contribution < 1.29 is 9.59 Å². The first-order valence-corrected chi connectivity index (χ1v) is 7.82. The van der Waals surface area contributed by atoms with Crippen LogP contribution in [0.2, 0.25) is 0 Å². The van der Waals surface area contributed by atoms with Crippen LogP contribution in [0.25, 0.3) is 0 Å². The fraction of sp³-hybridized carbons (Fsp3) is 0.529. The molecular formula is C17H27N3O2. The molecule has 3 N–H and O–H groups in total. The Labute approximate surface area is 132 Å². The summed E-state index contributed by atoms with van der Waals surface area (Å²) in [7, 11) is 0. The lowest BCUT2D eigenvalue weighted by Crippen LogP contribution is -2.49. The van der Waals surface area contributed by atoms with Gasteiger partial charge in [-0.05, 0) is 38.3 Å². The zero-order valence-corrected chi connectivity index (χ0v) is 13.9. The van der Waals surface area contributed by atoms with Crippen LogP contribution in [0.4, 0.5) is 4.79 Å². The monoisotopic (exact) mass is 305 g/mol. The number of rotatable bonds is 6. The highest BCUT2D eigenvalue weighted by molar-refractivity contribution is 5.95. The van der Waals surface area contributed by atoms with Crippen LogP contribution in [-0.4, -0.2) is 18.0 Å². The minimum absolute atomic E-state index is 0.0787. The summed E-state index contributed by atoms with van der Waals surface area (Å²) < 4.78 is 0. The molecule has 5 heteroatoms. The first-order chi connectivity index (χ1) is 10.4. The van der Waals surface area contributed by atoms with Gasteiger partial charge in [0, 0.05) is 11.6 Å². The van der Waals surface area contributed by atoms with Gasteiger partial charge in [0.25, 0.3) is 5.91 Å². The number of hydrogen-bond donors (Lipinski definition) is 3. The number of urea groups is 1. The molecule has 0 aliphatic heterocycles. The predicted molar refractivity (Wildman–Crippen MR) is 88.5 cm³/mol. The molecule has 3 amide bonds. The van der Waals surface area contributed by atoms with Gasteiger partial charge in [0.2, 0.25) is 0 Å². The number of aryl methyl sites for hydroxylation is 1. The topological polar surface area (TPSA) is 70.2 Å². The largest absolute Gasteiger partial charge is 0.334 e. The molecule has 0 saturated heterocycles. The van der Waals surface area contributed by atoms with Crippen molar-refractivity contribution in [2.75, 3.05) is 0 Å². The molecule has 0 bridgehead atoms. The third-order valence-corrected chi connectivity index (χ3v) is 3.40. The van der Waals surface area contributed by atoms with E-state index in [9.17, 15) is 9.59 Å². The number of amides is 3. The summed E-state index contributed by atoms with van der Waals surface area (Å²) in [5.74, 6) is 0.345. The number of carbonyl (C=O) groups excluding carboxylic acids is 2. The van der Waals surface area contributed by atoms with Gasteiger partial charge in [0.15, 0.2) is 0 Å². The minimum atomic E-state index is -0.391. The van der Waals surface area contributed by atoms with Gasteiger partial charge in [0.05, 0.1) is 0 Å². The summed E-state index contributed by atoms with van der Waals surface area (Å²) in [5, 5.41) is 2.80. The van der Waals surface area contributed by atoms with Gasteiger partial charge in [-0.1, -0.05) is 44.4 Å². The molecule has 1 atom stereocenters. The number of nitrogens with one attached hydrogen (secondary N) is 3. The maximum Gasteiger partial charge on any atom is 0.333 e. The second kappa shape index (κ2) is 9.07. The van der Waals surface area contributed by atoms with Crippen LogP contribution in [0.5, 0.6) is 0 Å². The molecule has 1 rings (SSSR count). The SMILES string of the molecule is Cc1ccc(C(=O)NNC(=O)N[C@H](C)CCCC(C)C)cc1. The van der Waals surface area contributed by atoms with E-state index in [1.807, 2.05) is 26.0 Å². The highest BCUT2D eigenvalue weighted by Gasteiger charge is 2.09. The van der Waals surface area contributed by atoms with E-state index in [2.05, 4.69) is 30.0 Å². The quantitative estimate of drug-likeness (QED) is 0.707. The van der Waals surface area contributed by atoms with E-state index in [0.717, 1.165) is 24.8 Å². The van der Waals surface area contributed by atoms with E-state index >= 15 is 0 Å². The van der Waals surface area contributed by atoms with Gasteiger partial charge in [-0.3, -0.25) is 10.2 Å². The number of hydrazine groups is 1. The number of benzene rings is 1. The molecule has 0 aromatic heterocycles. The normalized spacial score (nSPS) is 11.9. The summed E-state index contributed by atoms with van der Waals surface area (Å²) in [4.78, 5) is 23.5. The molecule has 0 aliphatic rings. The van der Waals surface area contributed by atoms with Crippen LogP contribution in [0, 0.1) is 12.8 Å². The lowest BCUT2D eigenvalue weighted by Gasteiger charge is -2.15. The average molecular weight is 305 g/mol. The Balaban J connectivity index is 2.27. The zero-order valence-electron chi connectivity index (χ0n) is 13.9. The molecule has 1 aromatic carbocycles. The molecule has 122 valence electrons. The number of carbonyl (C=O) groups is 2. The molecule has 22 heavy (non-hydrogen) atoms. The van der Waals surface area contributed by atoms with Gasteiger partial charge in [0.1, 0.15) is 0 Å².